The van der Waals surface area contributed by atoms with E-state index in [1.54, 1.807) is 29.2 Å². The summed E-state index contributed by atoms with van der Waals surface area (Å²) in [4.78, 5) is 27.9. The van der Waals surface area contributed by atoms with Crippen LogP contribution in [0.2, 0.25) is 0 Å². The van der Waals surface area contributed by atoms with Gasteiger partial charge in [-0.3, -0.25) is 14.5 Å². The van der Waals surface area contributed by atoms with E-state index in [9.17, 15) is 18.0 Å². The third-order valence-electron chi connectivity index (χ3n) is 5.45. The monoisotopic (exact) mass is 404 g/mol. The van der Waals surface area contributed by atoms with Gasteiger partial charge in [0.25, 0.3) is 5.91 Å². The van der Waals surface area contributed by atoms with E-state index < -0.39 is 26.4 Å². The standard InChI is InChI=1S/C19H20N2O4S2/c1-14-7-12-26-17(14)18(23)20-10-8-19(9-11-20)21(15-5-3-2-4-6-15)16(22)13-27(19,24)25/h2-7,12H,8-11,13H2,1H3. The second-order valence-corrected chi connectivity index (χ2v) is 10.2. The summed E-state index contributed by atoms with van der Waals surface area (Å²) in [5.41, 5.74) is 1.53. The molecule has 3 heterocycles. The number of carbonyl (C=O) groups excluding carboxylic acids is 2. The first-order chi connectivity index (χ1) is 12.9. The van der Waals surface area contributed by atoms with Crippen molar-refractivity contribution in [1.29, 1.82) is 0 Å². The molecule has 8 heteroatoms. The van der Waals surface area contributed by atoms with Gasteiger partial charge in [-0.2, -0.15) is 0 Å². The Morgan fingerprint density at radius 2 is 1.78 bits per heavy atom. The zero-order valence-electron chi connectivity index (χ0n) is 14.9. The summed E-state index contributed by atoms with van der Waals surface area (Å²) >= 11 is 1.40. The number of thiophene rings is 1. The summed E-state index contributed by atoms with van der Waals surface area (Å²) in [6.45, 7) is 2.52. The van der Waals surface area contributed by atoms with Crippen LogP contribution < -0.4 is 4.90 Å². The van der Waals surface area contributed by atoms with Crippen molar-refractivity contribution in [3.05, 3.63) is 52.2 Å². The molecule has 0 N–H and O–H groups in total. The van der Waals surface area contributed by atoms with Gasteiger partial charge in [-0.05, 0) is 36.1 Å². The minimum Gasteiger partial charge on any atom is -0.338 e. The van der Waals surface area contributed by atoms with Crippen LogP contribution in [0.4, 0.5) is 5.69 Å². The van der Waals surface area contributed by atoms with Crippen molar-refractivity contribution in [2.75, 3.05) is 23.7 Å². The lowest BCUT2D eigenvalue weighted by Gasteiger charge is -2.43. The number of carbonyl (C=O) groups is 2. The molecule has 1 aromatic carbocycles. The van der Waals surface area contributed by atoms with Gasteiger partial charge in [0, 0.05) is 31.6 Å². The highest BCUT2D eigenvalue weighted by atomic mass is 32.2. The lowest BCUT2D eigenvalue weighted by Crippen LogP contribution is -2.57. The van der Waals surface area contributed by atoms with Crippen LogP contribution in [0.15, 0.2) is 41.8 Å². The molecule has 2 aliphatic heterocycles. The summed E-state index contributed by atoms with van der Waals surface area (Å²) in [6, 6.07) is 10.8. The first-order valence-electron chi connectivity index (χ1n) is 8.79. The van der Waals surface area contributed by atoms with E-state index in [-0.39, 0.29) is 18.7 Å². The Bertz CT molecular complexity index is 990. The normalized spacial score (nSPS) is 21.0. The molecule has 2 amide bonds. The topological polar surface area (TPSA) is 74.8 Å². The maximum absolute atomic E-state index is 12.9. The van der Waals surface area contributed by atoms with Crippen molar-refractivity contribution in [1.82, 2.24) is 4.90 Å². The molecular formula is C19H20N2O4S2. The highest BCUT2D eigenvalue weighted by Crippen LogP contribution is 2.43. The van der Waals surface area contributed by atoms with E-state index in [1.807, 2.05) is 24.4 Å². The number of piperidine rings is 1. The maximum Gasteiger partial charge on any atom is 0.264 e. The first-order valence-corrected chi connectivity index (χ1v) is 11.3. The number of hydrogen-bond acceptors (Lipinski definition) is 5. The molecule has 6 nitrogen and oxygen atoms in total. The van der Waals surface area contributed by atoms with Crippen LogP contribution in [-0.2, 0) is 14.6 Å². The summed E-state index contributed by atoms with van der Waals surface area (Å²) in [5, 5.41) is 1.88. The average Bonchev–Trinajstić information content (AvgIpc) is 3.15. The Morgan fingerprint density at radius 3 is 2.37 bits per heavy atom. The number of benzene rings is 1. The minimum atomic E-state index is -3.63. The maximum atomic E-state index is 12.9. The number of aryl methyl sites for hydroxylation is 1. The number of amides is 2. The predicted molar refractivity (Wildman–Crippen MR) is 105 cm³/mol. The molecule has 0 saturated carbocycles. The molecule has 2 aliphatic rings. The Morgan fingerprint density at radius 1 is 1.11 bits per heavy atom. The molecule has 2 aromatic rings. The smallest absolute Gasteiger partial charge is 0.264 e. The molecule has 2 saturated heterocycles. The van der Waals surface area contributed by atoms with Crippen molar-refractivity contribution in [3.63, 3.8) is 0 Å². The molecule has 2 fully saturated rings. The zero-order valence-corrected chi connectivity index (χ0v) is 16.6. The number of sulfone groups is 1. The highest BCUT2D eigenvalue weighted by Gasteiger charge is 2.59. The molecule has 1 spiro atoms. The number of anilines is 1. The van der Waals surface area contributed by atoms with Gasteiger partial charge in [0.2, 0.25) is 5.91 Å². The second-order valence-electron chi connectivity index (χ2n) is 6.99. The van der Waals surface area contributed by atoms with Crippen LogP contribution in [0.1, 0.15) is 28.1 Å². The number of nitrogens with zero attached hydrogens (tertiary/aromatic N) is 2. The van der Waals surface area contributed by atoms with E-state index in [2.05, 4.69) is 0 Å². The van der Waals surface area contributed by atoms with Gasteiger partial charge in [0.05, 0.1) is 4.88 Å². The van der Waals surface area contributed by atoms with E-state index in [0.717, 1.165) is 5.56 Å². The lowest BCUT2D eigenvalue weighted by molar-refractivity contribution is -0.116. The van der Waals surface area contributed by atoms with E-state index >= 15 is 0 Å². The van der Waals surface area contributed by atoms with Crippen molar-refractivity contribution in [2.24, 2.45) is 0 Å². The van der Waals surface area contributed by atoms with Crippen LogP contribution in [0.3, 0.4) is 0 Å². The van der Waals surface area contributed by atoms with Crippen LogP contribution in [0.25, 0.3) is 0 Å². The fourth-order valence-electron chi connectivity index (χ4n) is 4.01. The summed E-state index contributed by atoms with van der Waals surface area (Å²) < 4.78 is 25.9. The van der Waals surface area contributed by atoms with E-state index in [1.165, 1.54) is 16.2 Å². The SMILES string of the molecule is Cc1ccsc1C(=O)N1CCC2(CC1)N(c1ccccc1)C(=O)CS2(=O)=O. The van der Waals surface area contributed by atoms with Gasteiger partial charge < -0.3 is 4.90 Å². The number of hydrogen-bond donors (Lipinski definition) is 0. The summed E-state index contributed by atoms with van der Waals surface area (Å²) in [5.74, 6) is -0.930. The fourth-order valence-corrected chi connectivity index (χ4v) is 6.92. The Balaban J connectivity index is 1.64. The molecule has 4 rings (SSSR count). The third kappa shape index (κ3) is 2.78. The van der Waals surface area contributed by atoms with Gasteiger partial charge in [-0.25, -0.2) is 8.42 Å². The van der Waals surface area contributed by atoms with Crippen LogP contribution in [-0.4, -0.2) is 48.8 Å². The van der Waals surface area contributed by atoms with Gasteiger partial charge in [-0.15, -0.1) is 11.3 Å². The molecule has 1 aromatic heterocycles. The third-order valence-corrected chi connectivity index (χ3v) is 8.83. The van der Waals surface area contributed by atoms with E-state index in [0.29, 0.717) is 23.7 Å². The Labute approximate surface area is 162 Å². The molecule has 0 unspecified atom stereocenters. The van der Waals surface area contributed by atoms with Crippen LogP contribution in [0.5, 0.6) is 0 Å². The molecule has 0 bridgehead atoms. The molecule has 27 heavy (non-hydrogen) atoms. The lowest BCUT2D eigenvalue weighted by atomic mass is 10.0. The van der Waals surface area contributed by atoms with E-state index in [4.69, 9.17) is 0 Å². The van der Waals surface area contributed by atoms with Crippen LogP contribution >= 0.6 is 11.3 Å². The second kappa shape index (κ2) is 6.45. The molecule has 0 aliphatic carbocycles. The minimum absolute atomic E-state index is 0.0645. The predicted octanol–water partition coefficient (Wildman–Crippen LogP) is 2.45. The van der Waals surface area contributed by atoms with Crippen molar-refractivity contribution in [2.45, 2.75) is 24.6 Å². The molecular weight excluding hydrogens is 384 g/mol. The fraction of sp³-hybridized carbons (Fsp3) is 0.368. The first kappa shape index (κ1) is 18.2. The summed E-state index contributed by atoms with van der Waals surface area (Å²) in [6.07, 6.45) is 0.457. The molecule has 0 radical (unpaired) electrons. The van der Waals surface area contributed by atoms with Crippen molar-refractivity contribution in [3.8, 4) is 0 Å². The largest absolute Gasteiger partial charge is 0.338 e. The van der Waals surface area contributed by atoms with Crippen molar-refractivity contribution >= 4 is 38.7 Å². The van der Waals surface area contributed by atoms with Crippen molar-refractivity contribution < 1.29 is 18.0 Å². The van der Waals surface area contributed by atoms with Gasteiger partial charge in [0.1, 0.15) is 5.75 Å². The van der Waals surface area contributed by atoms with Gasteiger partial charge in [-0.1, -0.05) is 18.2 Å². The molecule has 0 atom stereocenters. The Kier molecular flexibility index (Phi) is 4.35. The quantitative estimate of drug-likeness (QED) is 0.771. The summed E-state index contributed by atoms with van der Waals surface area (Å²) in [7, 11) is -3.63. The zero-order chi connectivity index (χ0) is 19.2. The number of likely N-dealkylation sites (tertiary alicyclic amines) is 1. The number of rotatable bonds is 2. The van der Waals surface area contributed by atoms with Gasteiger partial charge in [0.15, 0.2) is 14.7 Å². The number of para-hydroxylation sites is 1. The highest BCUT2D eigenvalue weighted by molar-refractivity contribution is 7.94. The van der Waals surface area contributed by atoms with Gasteiger partial charge >= 0.3 is 0 Å². The van der Waals surface area contributed by atoms with Crippen LogP contribution in [0, 0.1) is 6.92 Å². The average molecular weight is 405 g/mol. The molecule has 142 valence electrons. The Hall–Kier alpha value is -2.19.